The van der Waals surface area contributed by atoms with Gasteiger partial charge in [-0.25, -0.2) is 4.68 Å². The van der Waals surface area contributed by atoms with E-state index in [-0.39, 0.29) is 11.8 Å². The Balaban J connectivity index is 1.58. The van der Waals surface area contributed by atoms with Gasteiger partial charge in [0.25, 0.3) is 0 Å². The summed E-state index contributed by atoms with van der Waals surface area (Å²) in [5.41, 5.74) is 4.12. The van der Waals surface area contributed by atoms with Gasteiger partial charge < -0.3 is 15.2 Å². The summed E-state index contributed by atoms with van der Waals surface area (Å²) in [5, 5.41) is 20.9. The van der Waals surface area contributed by atoms with Crippen LogP contribution in [-0.2, 0) is 6.54 Å². The number of benzene rings is 3. The number of aromatic nitrogens is 2. The molecule has 0 saturated heterocycles. The average Bonchev–Trinajstić information content (AvgIpc) is 3.13. The monoisotopic (exact) mass is 421 g/mol. The molecule has 0 saturated carbocycles. The van der Waals surface area contributed by atoms with Gasteiger partial charge in [0.15, 0.2) is 11.5 Å². The first-order chi connectivity index (χ1) is 14.5. The Hall–Kier alpha value is -3.02. The van der Waals surface area contributed by atoms with Crippen LogP contribution in [-0.4, -0.2) is 22.0 Å². The van der Waals surface area contributed by atoms with Crippen molar-refractivity contribution in [3.05, 3.63) is 82.6 Å². The number of hydrogen-bond donors (Lipinski definition) is 2. The summed E-state index contributed by atoms with van der Waals surface area (Å²) in [6, 6.07) is 17.9. The van der Waals surface area contributed by atoms with E-state index in [0.29, 0.717) is 17.3 Å². The number of methoxy groups -OCH3 is 1. The molecular weight excluding hydrogens is 398 g/mol. The van der Waals surface area contributed by atoms with Gasteiger partial charge >= 0.3 is 0 Å². The second-order valence-corrected chi connectivity index (χ2v) is 7.72. The molecule has 30 heavy (non-hydrogen) atoms. The predicted molar refractivity (Wildman–Crippen MR) is 121 cm³/mol. The topological polar surface area (TPSA) is 59.3 Å². The van der Waals surface area contributed by atoms with Gasteiger partial charge in [0.05, 0.1) is 19.0 Å². The van der Waals surface area contributed by atoms with Crippen molar-refractivity contribution in [3.8, 4) is 17.2 Å². The number of hydrogen-bond acceptors (Lipinski definition) is 4. The minimum Gasteiger partial charge on any atom is -0.504 e. The highest BCUT2D eigenvalue weighted by molar-refractivity contribution is 6.31. The van der Waals surface area contributed by atoms with Crippen LogP contribution in [0.5, 0.6) is 11.5 Å². The number of phenolic OH excluding ortho intramolecular Hbond substituents is 1. The van der Waals surface area contributed by atoms with E-state index >= 15 is 0 Å². The molecule has 4 aromatic rings. The molecule has 3 aromatic carbocycles. The highest BCUT2D eigenvalue weighted by Gasteiger charge is 2.16. The van der Waals surface area contributed by atoms with E-state index in [2.05, 4.69) is 54.6 Å². The smallest absolute Gasteiger partial charge is 0.160 e. The molecule has 0 amide bonds. The van der Waals surface area contributed by atoms with Crippen molar-refractivity contribution in [2.24, 2.45) is 0 Å². The third kappa shape index (κ3) is 3.74. The van der Waals surface area contributed by atoms with Crippen molar-refractivity contribution in [1.82, 2.24) is 15.1 Å². The summed E-state index contributed by atoms with van der Waals surface area (Å²) in [7, 11) is 1.52. The summed E-state index contributed by atoms with van der Waals surface area (Å²) in [6.45, 7) is 4.72. The maximum absolute atomic E-state index is 9.85. The Labute approximate surface area is 180 Å². The second-order valence-electron chi connectivity index (χ2n) is 7.31. The summed E-state index contributed by atoms with van der Waals surface area (Å²) >= 11 is 6.29. The van der Waals surface area contributed by atoms with Gasteiger partial charge in [0.1, 0.15) is 0 Å². The van der Waals surface area contributed by atoms with Crippen LogP contribution >= 0.6 is 11.6 Å². The molecule has 0 unspecified atom stereocenters. The van der Waals surface area contributed by atoms with Crippen LogP contribution in [0.1, 0.15) is 29.8 Å². The Morgan fingerprint density at radius 3 is 2.73 bits per heavy atom. The molecule has 0 fully saturated rings. The lowest BCUT2D eigenvalue weighted by Crippen LogP contribution is -2.19. The molecule has 1 atom stereocenters. The van der Waals surface area contributed by atoms with Crippen LogP contribution in [0, 0.1) is 6.92 Å². The maximum Gasteiger partial charge on any atom is 0.160 e. The van der Waals surface area contributed by atoms with Crippen molar-refractivity contribution in [2.45, 2.75) is 26.4 Å². The lowest BCUT2D eigenvalue weighted by Gasteiger charge is -2.16. The normalized spacial score (nSPS) is 12.3. The number of nitrogens with zero attached hydrogens (tertiary/aromatic N) is 2. The van der Waals surface area contributed by atoms with E-state index in [1.54, 1.807) is 6.07 Å². The Bertz CT molecular complexity index is 1200. The van der Waals surface area contributed by atoms with Crippen LogP contribution in [0.2, 0.25) is 5.02 Å². The van der Waals surface area contributed by atoms with Crippen LogP contribution < -0.4 is 10.1 Å². The van der Waals surface area contributed by atoms with Gasteiger partial charge in [-0.15, -0.1) is 0 Å². The zero-order valence-corrected chi connectivity index (χ0v) is 17.9. The van der Waals surface area contributed by atoms with Gasteiger partial charge in [-0.05, 0) is 36.9 Å². The van der Waals surface area contributed by atoms with E-state index in [1.807, 2.05) is 23.0 Å². The number of nitrogens with one attached hydrogen (secondary N) is 1. The SMILES string of the molecule is COc1cc(CN[C@@H](C)c2cnn(-c3cccc4ccccc34)c2C)c(Cl)cc1O. The lowest BCUT2D eigenvalue weighted by molar-refractivity contribution is 0.372. The standard InChI is InChI=1S/C24H24ClN3O2/c1-15(26-13-18-11-24(30-3)23(29)12-21(18)25)20-14-27-28(16(20)2)22-10-6-8-17-7-4-5-9-19(17)22/h4-12,14-15,26,29H,13H2,1-3H3/t15-/m0/s1. The van der Waals surface area contributed by atoms with Crippen LogP contribution in [0.4, 0.5) is 0 Å². The summed E-state index contributed by atoms with van der Waals surface area (Å²) in [5.74, 6) is 0.440. The number of aromatic hydroxyl groups is 1. The summed E-state index contributed by atoms with van der Waals surface area (Å²) in [4.78, 5) is 0. The van der Waals surface area contributed by atoms with E-state index in [9.17, 15) is 5.11 Å². The highest BCUT2D eigenvalue weighted by Crippen LogP contribution is 2.32. The zero-order chi connectivity index (χ0) is 21.3. The first-order valence-corrected chi connectivity index (χ1v) is 10.2. The first kappa shape index (κ1) is 20.3. The number of phenols is 1. The van der Waals surface area contributed by atoms with Crippen molar-refractivity contribution < 1.29 is 9.84 Å². The Morgan fingerprint density at radius 1 is 1.17 bits per heavy atom. The number of fused-ring (bicyclic) bond motifs is 1. The Kier molecular flexibility index (Phi) is 5.66. The fourth-order valence-corrected chi connectivity index (χ4v) is 3.96. The van der Waals surface area contributed by atoms with Gasteiger partial charge in [0, 0.05) is 40.3 Å². The van der Waals surface area contributed by atoms with E-state index < -0.39 is 0 Å². The molecule has 5 nitrogen and oxygen atoms in total. The summed E-state index contributed by atoms with van der Waals surface area (Å²) in [6.07, 6.45) is 1.91. The Morgan fingerprint density at radius 2 is 1.93 bits per heavy atom. The molecule has 1 heterocycles. The molecule has 0 radical (unpaired) electrons. The molecule has 1 aromatic heterocycles. The quantitative estimate of drug-likeness (QED) is 0.428. The van der Waals surface area contributed by atoms with Crippen molar-refractivity contribution in [1.29, 1.82) is 0 Å². The molecule has 0 spiro atoms. The predicted octanol–water partition coefficient (Wildman–Crippen LogP) is 5.55. The molecule has 0 aliphatic rings. The highest BCUT2D eigenvalue weighted by atomic mass is 35.5. The maximum atomic E-state index is 9.85. The zero-order valence-electron chi connectivity index (χ0n) is 17.2. The summed E-state index contributed by atoms with van der Waals surface area (Å²) < 4.78 is 7.18. The third-order valence-electron chi connectivity index (χ3n) is 5.46. The molecule has 4 rings (SSSR count). The molecule has 0 bridgehead atoms. The van der Waals surface area contributed by atoms with Gasteiger partial charge in [-0.3, -0.25) is 0 Å². The molecule has 0 aliphatic carbocycles. The van der Waals surface area contributed by atoms with E-state index in [1.165, 1.54) is 23.9 Å². The van der Waals surface area contributed by atoms with Crippen molar-refractivity contribution in [2.75, 3.05) is 7.11 Å². The van der Waals surface area contributed by atoms with E-state index in [4.69, 9.17) is 16.3 Å². The van der Waals surface area contributed by atoms with Crippen molar-refractivity contribution in [3.63, 3.8) is 0 Å². The van der Waals surface area contributed by atoms with Crippen LogP contribution in [0.15, 0.2) is 60.8 Å². The second kappa shape index (κ2) is 8.38. The fourth-order valence-electron chi connectivity index (χ4n) is 3.74. The van der Waals surface area contributed by atoms with Gasteiger partial charge in [0.2, 0.25) is 0 Å². The minimum absolute atomic E-state index is 0.0338. The average molecular weight is 422 g/mol. The van der Waals surface area contributed by atoms with Gasteiger partial charge in [-0.1, -0.05) is 48.0 Å². The van der Waals surface area contributed by atoms with E-state index in [0.717, 1.165) is 22.5 Å². The molecule has 0 aliphatic heterocycles. The first-order valence-electron chi connectivity index (χ1n) is 9.81. The third-order valence-corrected chi connectivity index (χ3v) is 5.81. The van der Waals surface area contributed by atoms with Crippen LogP contribution in [0.3, 0.4) is 0 Å². The molecular formula is C24H24ClN3O2. The molecule has 154 valence electrons. The lowest BCUT2D eigenvalue weighted by atomic mass is 10.1. The largest absolute Gasteiger partial charge is 0.504 e. The van der Waals surface area contributed by atoms with Crippen LogP contribution in [0.25, 0.3) is 16.5 Å². The number of ether oxygens (including phenoxy) is 1. The number of rotatable bonds is 6. The molecule has 6 heteroatoms. The molecule has 2 N–H and O–H groups in total. The van der Waals surface area contributed by atoms with Gasteiger partial charge in [-0.2, -0.15) is 5.10 Å². The minimum atomic E-state index is 0.0338. The fraction of sp³-hybridized carbons (Fsp3) is 0.208. The van der Waals surface area contributed by atoms with Crippen molar-refractivity contribution >= 4 is 22.4 Å². The number of halogens is 1.